The molecule has 25 heavy (non-hydrogen) atoms. The van der Waals surface area contributed by atoms with Gasteiger partial charge in [0.05, 0.1) is 0 Å². The molecule has 1 aromatic carbocycles. The summed E-state index contributed by atoms with van der Waals surface area (Å²) in [6.45, 7) is 10.7. The van der Waals surface area contributed by atoms with Crippen LogP contribution in [0.2, 0.25) is 0 Å². The van der Waals surface area contributed by atoms with E-state index in [1.165, 1.54) is 18.4 Å². The van der Waals surface area contributed by atoms with Crippen molar-refractivity contribution < 1.29 is 9.59 Å². The fourth-order valence-electron chi connectivity index (χ4n) is 3.21. The molecule has 0 spiro atoms. The molecule has 1 aliphatic carbocycles. The van der Waals surface area contributed by atoms with E-state index in [1.807, 2.05) is 12.1 Å². The average molecular weight is 338 g/mol. The number of allylic oxidation sites excluding steroid dienone is 4. The summed E-state index contributed by atoms with van der Waals surface area (Å²) in [5.41, 5.74) is 3.64. The molecule has 2 rings (SSSR count). The summed E-state index contributed by atoms with van der Waals surface area (Å²) >= 11 is 0. The maximum absolute atomic E-state index is 12.7. The average Bonchev–Trinajstić information content (AvgIpc) is 2.59. The zero-order valence-electron chi connectivity index (χ0n) is 16.2. The van der Waals surface area contributed by atoms with Gasteiger partial charge in [0.1, 0.15) is 0 Å². The van der Waals surface area contributed by atoms with Crippen molar-refractivity contribution in [3.05, 3.63) is 58.2 Å². The first-order chi connectivity index (χ1) is 11.8. The maximum atomic E-state index is 12.7. The van der Waals surface area contributed by atoms with Crippen molar-refractivity contribution in [2.75, 3.05) is 0 Å². The Labute approximate surface area is 152 Å². The van der Waals surface area contributed by atoms with Crippen molar-refractivity contribution >= 4 is 11.6 Å². The molecular weight excluding hydrogens is 308 g/mol. The van der Waals surface area contributed by atoms with Gasteiger partial charge >= 0.3 is 0 Å². The number of hydrogen-bond donors (Lipinski definition) is 0. The Morgan fingerprint density at radius 1 is 1.04 bits per heavy atom. The van der Waals surface area contributed by atoms with Crippen LogP contribution in [0.4, 0.5) is 0 Å². The predicted molar refractivity (Wildman–Crippen MR) is 104 cm³/mol. The van der Waals surface area contributed by atoms with Crippen LogP contribution >= 0.6 is 0 Å². The molecule has 0 amide bonds. The lowest BCUT2D eigenvalue weighted by Gasteiger charge is -2.18. The number of fused-ring (bicyclic) bond motifs is 1. The zero-order valence-corrected chi connectivity index (χ0v) is 16.2. The summed E-state index contributed by atoms with van der Waals surface area (Å²) in [5.74, 6) is 1.46. The van der Waals surface area contributed by atoms with Crippen molar-refractivity contribution in [2.24, 2.45) is 11.8 Å². The van der Waals surface area contributed by atoms with Crippen LogP contribution in [0.1, 0.15) is 81.0 Å². The molecule has 0 saturated carbocycles. The molecule has 0 fully saturated rings. The number of hydrogen-bond acceptors (Lipinski definition) is 2. The number of Topliss-reactive ketones (excluding diaryl/α,β-unsaturated/α-hetero) is 2. The molecule has 0 radical (unpaired) electrons. The molecule has 0 bridgehead atoms. The van der Waals surface area contributed by atoms with E-state index < -0.39 is 0 Å². The van der Waals surface area contributed by atoms with E-state index in [0.717, 1.165) is 18.3 Å². The van der Waals surface area contributed by atoms with Crippen molar-refractivity contribution in [3.8, 4) is 0 Å². The van der Waals surface area contributed by atoms with Gasteiger partial charge in [-0.2, -0.15) is 0 Å². The molecule has 134 valence electrons. The summed E-state index contributed by atoms with van der Waals surface area (Å²) < 4.78 is 0. The van der Waals surface area contributed by atoms with Gasteiger partial charge in [-0.05, 0) is 44.9 Å². The highest BCUT2D eigenvalue weighted by Crippen LogP contribution is 2.28. The van der Waals surface area contributed by atoms with E-state index in [-0.39, 0.29) is 11.6 Å². The number of ketones is 2. The topological polar surface area (TPSA) is 34.1 Å². The van der Waals surface area contributed by atoms with Gasteiger partial charge in [0.25, 0.3) is 0 Å². The Bertz CT molecular complexity index is 719. The van der Waals surface area contributed by atoms with Gasteiger partial charge in [-0.25, -0.2) is 0 Å². The van der Waals surface area contributed by atoms with Gasteiger partial charge in [0.15, 0.2) is 11.6 Å². The Balaban J connectivity index is 2.03. The van der Waals surface area contributed by atoms with Gasteiger partial charge in [0, 0.05) is 22.3 Å². The number of rotatable bonds is 7. The summed E-state index contributed by atoms with van der Waals surface area (Å²) in [5, 5.41) is 0. The Morgan fingerprint density at radius 2 is 1.64 bits per heavy atom. The monoisotopic (exact) mass is 338 g/mol. The smallest absolute Gasteiger partial charge is 0.190 e. The minimum atomic E-state index is -0.0120. The van der Waals surface area contributed by atoms with Gasteiger partial charge in [-0.15, -0.1) is 0 Å². The first kappa shape index (κ1) is 19.4. The van der Waals surface area contributed by atoms with Crippen molar-refractivity contribution in [1.29, 1.82) is 0 Å². The molecule has 0 saturated heterocycles. The molecular formula is C23H30O2. The van der Waals surface area contributed by atoms with Crippen molar-refractivity contribution in [1.82, 2.24) is 0 Å². The molecule has 0 N–H and O–H groups in total. The fourth-order valence-corrected chi connectivity index (χ4v) is 3.21. The number of benzene rings is 1. The highest BCUT2D eigenvalue weighted by Gasteiger charge is 2.28. The normalized spacial score (nSPS) is 16.5. The lowest BCUT2D eigenvalue weighted by molar-refractivity contribution is 0.0973. The first-order valence-corrected chi connectivity index (χ1v) is 9.36. The van der Waals surface area contributed by atoms with Crippen LogP contribution in [-0.2, 0) is 0 Å². The molecule has 0 heterocycles. The van der Waals surface area contributed by atoms with Crippen molar-refractivity contribution in [3.63, 3.8) is 0 Å². The van der Waals surface area contributed by atoms with Crippen LogP contribution in [0.25, 0.3) is 0 Å². The second kappa shape index (κ2) is 8.42. The molecule has 2 heteroatoms. The molecule has 2 nitrogen and oxygen atoms in total. The van der Waals surface area contributed by atoms with Gasteiger partial charge in [0.2, 0.25) is 0 Å². The maximum Gasteiger partial charge on any atom is 0.190 e. The van der Waals surface area contributed by atoms with E-state index in [4.69, 9.17) is 0 Å². The van der Waals surface area contributed by atoms with Crippen LogP contribution in [0.15, 0.2) is 47.1 Å². The van der Waals surface area contributed by atoms with Gasteiger partial charge < -0.3 is 0 Å². The SMILES string of the molecule is CC1=C(C/C=C(\C)CCCC(C)C(C)C)C(=O)c2ccccc2C1=O. The van der Waals surface area contributed by atoms with Crippen LogP contribution in [0.3, 0.4) is 0 Å². The van der Waals surface area contributed by atoms with Crippen LogP contribution < -0.4 is 0 Å². The highest BCUT2D eigenvalue weighted by atomic mass is 16.1. The minimum absolute atomic E-state index is 0.00480. The molecule has 1 aromatic rings. The van der Waals surface area contributed by atoms with E-state index in [0.29, 0.717) is 28.7 Å². The Hall–Kier alpha value is -1.96. The van der Waals surface area contributed by atoms with Gasteiger partial charge in [-0.1, -0.05) is 63.1 Å². The minimum Gasteiger partial charge on any atom is -0.289 e. The summed E-state index contributed by atoms with van der Waals surface area (Å²) in [7, 11) is 0. The Kier molecular flexibility index (Phi) is 6.52. The molecule has 0 aromatic heterocycles. The van der Waals surface area contributed by atoms with E-state index in [9.17, 15) is 9.59 Å². The van der Waals surface area contributed by atoms with Crippen LogP contribution in [0, 0.1) is 11.8 Å². The van der Waals surface area contributed by atoms with Crippen LogP contribution in [0.5, 0.6) is 0 Å². The summed E-state index contributed by atoms with van der Waals surface area (Å²) in [6, 6.07) is 7.13. The van der Waals surface area contributed by atoms with Crippen molar-refractivity contribution in [2.45, 2.75) is 60.3 Å². The standard InChI is InChI=1S/C23H30O2/c1-15(2)17(4)10-8-9-16(3)13-14-19-18(5)22(24)20-11-6-7-12-21(20)23(19)25/h6-7,11-13,15,17H,8-10,14H2,1-5H3/b16-13+. The number of carbonyl (C=O) groups excluding carboxylic acids is 2. The molecule has 1 aliphatic rings. The first-order valence-electron chi connectivity index (χ1n) is 9.36. The lowest BCUT2D eigenvalue weighted by Crippen LogP contribution is -2.20. The summed E-state index contributed by atoms with van der Waals surface area (Å²) in [6.07, 6.45) is 6.14. The summed E-state index contributed by atoms with van der Waals surface area (Å²) in [4.78, 5) is 25.2. The van der Waals surface area contributed by atoms with Crippen LogP contribution in [-0.4, -0.2) is 11.6 Å². The van der Waals surface area contributed by atoms with E-state index in [2.05, 4.69) is 33.8 Å². The van der Waals surface area contributed by atoms with Gasteiger partial charge in [-0.3, -0.25) is 9.59 Å². The quantitative estimate of drug-likeness (QED) is 0.556. The van der Waals surface area contributed by atoms with E-state index in [1.54, 1.807) is 19.1 Å². The molecule has 0 aliphatic heterocycles. The zero-order chi connectivity index (χ0) is 18.6. The lowest BCUT2D eigenvalue weighted by atomic mass is 9.83. The fraction of sp³-hybridized carbons (Fsp3) is 0.478. The predicted octanol–water partition coefficient (Wildman–Crippen LogP) is 6.18. The van der Waals surface area contributed by atoms with E-state index >= 15 is 0 Å². The number of carbonyl (C=O) groups is 2. The third kappa shape index (κ3) is 4.56. The Morgan fingerprint density at radius 3 is 2.24 bits per heavy atom. The highest BCUT2D eigenvalue weighted by molar-refractivity contribution is 6.26. The molecule has 1 unspecified atom stereocenters. The third-order valence-corrected chi connectivity index (χ3v) is 5.51. The third-order valence-electron chi connectivity index (χ3n) is 5.51. The molecule has 1 atom stereocenters. The largest absolute Gasteiger partial charge is 0.289 e. The second-order valence-corrected chi connectivity index (χ2v) is 7.68. The second-order valence-electron chi connectivity index (χ2n) is 7.68.